The summed E-state index contributed by atoms with van der Waals surface area (Å²) in [5.41, 5.74) is 0. The van der Waals surface area contributed by atoms with Crippen LogP contribution in [0.15, 0.2) is 0 Å². The Morgan fingerprint density at radius 1 is 1.00 bits per heavy atom. The lowest BCUT2D eigenvalue weighted by Gasteiger charge is -2.54. The number of hydrogen-bond acceptors (Lipinski definition) is 5. The number of nitrogens with zero attached hydrogens (tertiary/aromatic N) is 1. The van der Waals surface area contributed by atoms with Crippen molar-refractivity contribution in [3.8, 4) is 0 Å². The fraction of sp³-hybridized carbons (Fsp3) is 0.950. The first kappa shape index (κ1) is 18.7. The third kappa shape index (κ3) is 3.79. The second-order valence-electron chi connectivity index (χ2n) is 9.39. The van der Waals surface area contributed by atoms with Crippen LogP contribution in [0.1, 0.15) is 44.9 Å². The van der Waals surface area contributed by atoms with E-state index in [-0.39, 0.29) is 18.4 Å². The Morgan fingerprint density at radius 3 is 2.27 bits per heavy atom. The molecule has 1 saturated heterocycles. The van der Waals surface area contributed by atoms with Crippen LogP contribution < -0.4 is 5.32 Å². The van der Waals surface area contributed by atoms with Gasteiger partial charge in [-0.2, -0.15) is 0 Å². The van der Waals surface area contributed by atoms with Gasteiger partial charge in [-0.3, -0.25) is 4.79 Å². The lowest BCUT2D eigenvalue weighted by atomic mass is 9.54. The van der Waals surface area contributed by atoms with Crippen molar-refractivity contribution >= 4 is 5.91 Å². The van der Waals surface area contributed by atoms with Crippen molar-refractivity contribution in [3.63, 3.8) is 0 Å². The van der Waals surface area contributed by atoms with Crippen LogP contribution in [-0.4, -0.2) is 70.6 Å². The molecule has 4 bridgehead atoms. The molecule has 4 aliphatic carbocycles. The zero-order valence-corrected chi connectivity index (χ0v) is 15.6. The molecule has 0 aromatic carbocycles. The minimum atomic E-state index is -0.850. The number of carbonyl (C=O) groups is 1. The number of aliphatic hydroxyl groups excluding tert-OH is 3. The Balaban J connectivity index is 1.20. The van der Waals surface area contributed by atoms with E-state index in [0.29, 0.717) is 37.4 Å². The maximum atomic E-state index is 12.5. The van der Waals surface area contributed by atoms with Crippen LogP contribution in [0.2, 0.25) is 0 Å². The number of nitrogens with one attached hydrogen (secondary N) is 1. The van der Waals surface area contributed by atoms with Gasteiger partial charge in [-0.15, -0.1) is 0 Å². The van der Waals surface area contributed by atoms with Crippen molar-refractivity contribution in [3.05, 3.63) is 0 Å². The first-order chi connectivity index (χ1) is 12.5. The Bertz CT molecular complexity index is 486. The lowest BCUT2D eigenvalue weighted by molar-refractivity contribution is -0.125. The van der Waals surface area contributed by atoms with Gasteiger partial charge in [0.1, 0.15) is 0 Å². The van der Waals surface area contributed by atoms with Gasteiger partial charge < -0.3 is 25.5 Å². The summed E-state index contributed by atoms with van der Waals surface area (Å²) in [4.78, 5) is 14.5. The molecule has 0 aromatic rings. The van der Waals surface area contributed by atoms with Gasteiger partial charge in [0.2, 0.25) is 5.91 Å². The molecule has 6 nitrogen and oxygen atoms in total. The number of likely N-dealkylation sites (tertiary alicyclic amines) is 1. The van der Waals surface area contributed by atoms with Gasteiger partial charge in [-0.05, 0) is 68.7 Å². The molecule has 4 saturated carbocycles. The molecule has 0 unspecified atom stereocenters. The number of amides is 1. The predicted molar refractivity (Wildman–Crippen MR) is 97.2 cm³/mol. The Kier molecular flexibility index (Phi) is 5.56. The van der Waals surface area contributed by atoms with Crippen molar-refractivity contribution in [2.75, 3.05) is 26.2 Å². The standard InChI is InChI=1S/C20H34N2O4/c23-11-16-9-22(10-17(24)20(16)26)3-1-2-18(25)21-19-14-5-12-4-13(7-14)8-15(19)6-12/h12-17,19-20,23-24,26H,1-11H2,(H,21,25)/t12?,13?,14?,15?,16-,17-,19?,20-/m1/s1. The minimum Gasteiger partial charge on any atom is -0.396 e. The molecule has 1 heterocycles. The molecule has 0 spiro atoms. The maximum absolute atomic E-state index is 12.5. The quantitative estimate of drug-likeness (QED) is 0.544. The van der Waals surface area contributed by atoms with E-state index in [1.165, 1.54) is 32.1 Å². The normalized spacial score (nSPS) is 45.0. The second-order valence-corrected chi connectivity index (χ2v) is 9.39. The average molecular weight is 367 g/mol. The predicted octanol–water partition coefficient (Wildman–Crippen LogP) is 0.353. The maximum Gasteiger partial charge on any atom is 0.220 e. The van der Waals surface area contributed by atoms with Crippen molar-refractivity contribution < 1.29 is 20.1 Å². The number of carbonyl (C=O) groups excluding carboxylic acids is 1. The first-order valence-corrected chi connectivity index (χ1v) is 10.5. The number of aliphatic hydroxyl groups is 3. The minimum absolute atomic E-state index is 0.123. The van der Waals surface area contributed by atoms with Crippen LogP contribution in [0.5, 0.6) is 0 Å². The topological polar surface area (TPSA) is 93.0 Å². The van der Waals surface area contributed by atoms with E-state index in [0.717, 1.165) is 24.8 Å². The van der Waals surface area contributed by atoms with E-state index in [9.17, 15) is 20.1 Å². The molecule has 4 N–H and O–H groups in total. The molecular weight excluding hydrogens is 332 g/mol. The zero-order chi connectivity index (χ0) is 18.3. The highest BCUT2D eigenvalue weighted by Gasteiger charge is 2.48. The van der Waals surface area contributed by atoms with Crippen molar-refractivity contribution in [1.82, 2.24) is 10.2 Å². The monoisotopic (exact) mass is 366 g/mol. The highest BCUT2D eigenvalue weighted by Crippen LogP contribution is 2.53. The van der Waals surface area contributed by atoms with Gasteiger partial charge in [0, 0.05) is 38.1 Å². The zero-order valence-electron chi connectivity index (χ0n) is 15.6. The van der Waals surface area contributed by atoms with Crippen molar-refractivity contribution in [2.24, 2.45) is 29.6 Å². The van der Waals surface area contributed by atoms with Gasteiger partial charge in [-0.25, -0.2) is 0 Å². The summed E-state index contributed by atoms with van der Waals surface area (Å²) >= 11 is 0. The lowest BCUT2D eigenvalue weighted by Crippen LogP contribution is -2.56. The molecule has 6 heteroatoms. The van der Waals surface area contributed by atoms with Gasteiger partial charge in [0.15, 0.2) is 0 Å². The molecule has 5 rings (SSSR count). The molecular formula is C20H34N2O4. The van der Waals surface area contributed by atoms with Crippen LogP contribution >= 0.6 is 0 Å². The number of rotatable bonds is 6. The van der Waals surface area contributed by atoms with Crippen LogP contribution in [0.4, 0.5) is 0 Å². The molecule has 1 aliphatic heterocycles. The summed E-state index contributed by atoms with van der Waals surface area (Å²) in [5.74, 6) is 3.12. The first-order valence-electron chi connectivity index (χ1n) is 10.5. The second kappa shape index (κ2) is 7.74. The van der Waals surface area contributed by atoms with E-state index in [4.69, 9.17) is 0 Å². The Labute approximate surface area is 156 Å². The third-order valence-electron chi connectivity index (χ3n) is 7.48. The fourth-order valence-corrected chi connectivity index (χ4v) is 6.43. The molecule has 26 heavy (non-hydrogen) atoms. The summed E-state index contributed by atoms with van der Waals surface area (Å²) in [6.45, 7) is 1.58. The average Bonchev–Trinajstić information content (AvgIpc) is 2.60. The smallest absolute Gasteiger partial charge is 0.220 e. The summed E-state index contributed by atoms with van der Waals surface area (Å²) < 4.78 is 0. The van der Waals surface area contributed by atoms with Crippen molar-refractivity contribution in [2.45, 2.75) is 63.2 Å². The molecule has 0 aromatic heterocycles. The highest BCUT2D eigenvalue weighted by molar-refractivity contribution is 5.76. The third-order valence-corrected chi connectivity index (χ3v) is 7.48. The summed E-state index contributed by atoms with van der Waals surface area (Å²) in [6.07, 6.45) is 6.28. The van der Waals surface area contributed by atoms with Gasteiger partial charge in [-0.1, -0.05) is 0 Å². The van der Waals surface area contributed by atoms with E-state index in [1.54, 1.807) is 0 Å². The molecule has 5 fully saturated rings. The number of hydrogen-bond donors (Lipinski definition) is 4. The Hall–Kier alpha value is -0.690. The van der Waals surface area contributed by atoms with E-state index in [2.05, 4.69) is 10.2 Å². The van der Waals surface area contributed by atoms with Crippen LogP contribution in [-0.2, 0) is 4.79 Å². The molecule has 3 atom stereocenters. The van der Waals surface area contributed by atoms with Gasteiger partial charge in [0.05, 0.1) is 12.2 Å². The van der Waals surface area contributed by atoms with Gasteiger partial charge >= 0.3 is 0 Å². The SMILES string of the molecule is O=C(CCCN1C[C@H](CO)[C@@H](O)[C@H](O)C1)NC1C2CC3CC(C2)CC1C3. The molecule has 5 aliphatic rings. The molecule has 0 radical (unpaired) electrons. The van der Waals surface area contributed by atoms with Crippen LogP contribution in [0.3, 0.4) is 0 Å². The van der Waals surface area contributed by atoms with Crippen LogP contribution in [0, 0.1) is 29.6 Å². The number of β-amino-alcohol motifs (C(OH)–C–C–N with tert-alkyl or cyclic N) is 1. The van der Waals surface area contributed by atoms with Crippen LogP contribution in [0.25, 0.3) is 0 Å². The summed E-state index contributed by atoms with van der Waals surface area (Å²) in [5, 5.41) is 32.4. The summed E-state index contributed by atoms with van der Waals surface area (Å²) in [7, 11) is 0. The van der Waals surface area contributed by atoms with E-state index >= 15 is 0 Å². The Morgan fingerprint density at radius 2 is 1.65 bits per heavy atom. The molecule has 1 amide bonds. The van der Waals surface area contributed by atoms with E-state index in [1.807, 2.05) is 0 Å². The summed E-state index contributed by atoms with van der Waals surface area (Å²) in [6, 6.07) is 0.404. The van der Waals surface area contributed by atoms with E-state index < -0.39 is 12.2 Å². The fourth-order valence-electron chi connectivity index (χ4n) is 6.43. The van der Waals surface area contributed by atoms with Gasteiger partial charge in [0.25, 0.3) is 0 Å². The largest absolute Gasteiger partial charge is 0.396 e. The highest BCUT2D eigenvalue weighted by atomic mass is 16.3. The number of piperidine rings is 1. The molecule has 148 valence electrons. The van der Waals surface area contributed by atoms with Crippen molar-refractivity contribution in [1.29, 1.82) is 0 Å².